The van der Waals surface area contributed by atoms with Crippen LogP contribution in [-0.4, -0.2) is 78.7 Å². The van der Waals surface area contributed by atoms with E-state index >= 15 is 0 Å². The van der Waals surface area contributed by atoms with Gasteiger partial charge in [0.1, 0.15) is 0 Å². The van der Waals surface area contributed by atoms with Gasteiger partial charge in [-0.25, -0.2) is 0 Å². The van der Waals surface area contributed by atoms with Crippen LogP contribution >= 0.6 is 7.14 Å². The lowest BCUT2D eigenvalue weighted by Gasteiger charge is -2.18. The molecular formula is C19H54N2OP+. The number of hydrogen-bond donors (Lipinski definition) is 0. The van der Waals surface area contributed by atoms with Crippen LogP contribution in [-0.2, 0) is 4.57 Å². The highest BCUT2D eigenvalue weighted by Gasteiger charge is 2.09. The fourth-order valence-electron chi connectivity index (χ4n) is 0.250. The highest BCUT2D eigenvalue weighted by atomic mass is 31.2. The number of hydrogen-bond acceptors (Lipinski definition) is 2. The van der Waals surface area contributed by atoms with Crippen LogP contribution in [0.25, 0.3) is 0 Å². The van der Waals surface area contributed by atoms with Crippen molar-refractivity contribution in [3.8, 4) is 0 Å². The predicted molar refractivity (Wildman–Crippen MR) is 117 cm³/mol. The molecule has 0 radical (unpaired) electrons. The molecule has 0 aromatic carbocycles. The van der Waals surface area contributed by atoms with E-state index in [0.717, 1.165) is 4.48 Å². The van der Waals surface area contributed by atoms with E-state index in [4.69, 9.17) is 0 Å². The van der Waals surface area contributed by atoms with Crippen molar-refractivity contribution in [1.82, 2.24) is 4.90 Å². The van der Waals surface area contributed by atoms with E-state index in [0.29, 0.717) is 5.41 Å². The highest BCUT2D eigenvalue weighted by molar-refractivity contribution is 7.61. The molecule has 0 bridgehead atoms. The number of nitrogens with zero attached hydrogens (tertiary/aromatic N) is 2. The number of quaternary nitrogens is 1. The molecule has 0 aromatic heterocycles. The molecule has 0 aliphatic heterocycles. The van der Waals surface area contributed by atoms with Crippen LogP contribution in [0.5, 0.6) is 0 Å². The Labute approximate surface area is 151 Å². The van der Waals surface area contributed by atoms with Crippen molar-refractivity contribution in [2.24, 2.45) is 5.41 Å². The lowest BCUT2D eigenvalue weighted by molar-refractivity contribution is -0.849. The van der Waals surface area contributed by atoms with Crippen LogP contribution in [0.1, 0.15) is 55.4 Å². The summed E-state index contributed by atoms with van der Waals surface area (Å²) in [5.74, 6) is 0. The molecule has 0 amide bonds. The first-order valence-electron chi connectivity index (χ1n) is 7.78. The van der Waals surface area contributed by atoms with Gasteiger partial charge in [0.2, 0.25) is 0 Å². The van der Waals surface area contributed by atoms with Gasteiger partial charge in [0.15, 0.2) is 0 Å². The molecule has 0 rings (SSSR count). The van der Waals surface area contributed by atoms with E-state index in [2.05, 4.69) is 55.9 Å². The molecule has 0 atom stereocenters. The van der Waals surface area contributed by atoms with Gasteiger partial charge in [0.05, 0.1) is 35.3 Å². The van der Waals surface area contributed by atoms with Crippen molar-refractivity contribution in [2.75, 3.05) is 69.3 Å². The molecule has 0 saturated heterocycles. The van der Waals surface area contributed by atoms with Crippen molar-refractivity contribution in [3.63, 3.8) is 0 Å². The summed E-state index contributed by atoms with van der Waals surface area (Å²) >= 11 is 0. The zero-order chi connectivity index (χ0) is 18.5. The third kappa shape index (κ3) is 238. The quantitative estimate of drug-likeness (QED) is 0.457. The van der Waals surface area contributed by atoms with E-state index in [1.54, 1.807) is 20.0 Å². The Morgan fingerprint density at radius 3 is 0.913 bits per heavy atom. The van der Waals surface area contributed by atoms with Gasteiger partial charge in [-0.15, -0.1) is 0 Å². The van der Waals surface area contributed by atoms with Gasteiger partial charge >= 0.3 is 0 Å². The first-order valence-corrected chi connectivity index (χ1v) is 10.8. The van der Waals surface area contributed by atoms with Gasteiger partial charge in [-0.2, -0.15) is 0 Å². The van der Waals surface area contributed by atoms with Crippen LogP contribution in [0, 0.1) is 5.41 Å². The summed E-state index contributed by atoms with van der Waals surface area (Å²) < 4.78 is 11.2. The van der Waals surface area contributed by atoms with Gasteiger partial charge < -0.3 is 13.9 Å². The molecule has 150 valence electrons. The summed E-state index contributed by atoms with van der Waals surface area (Å²) in [6.07, 6.45) is 2.59. The third-order valence-electron chi connectivity index (χ3n) is 1.91. The van der Waals surface area contributed by atoms with E-state index in [9.17, 15) is 4.57 Å². The standard InChI is InChI=1S/C7H16.C4H12N.C3H9N.C3H9OP.2CH4/c1-5-7(3,4)6-2;1-5(2,3)4;1-4(2)3;1-5(2,3)4;;/h5-6H2,1-4H3;1-4H3;1-3H3;1-3H3;2*1H4/q;+1;;;;. The molecule has 0 heterocycles. The van der Waals surface area contributed by atoms with Crippen LogP contribution in [0.3, 0.4) is 0 Å². The first kappa shape index (κ1) is 38.6. The highest BCUT2D eigenvalue weighted by Crippen LogP contribution is 2.28. The average molecular weight is 358 g/mol. The lowest BCUT2D eigenvalue weighted by Crippen LogP contribution is -2.27. The van der Waals surface area contributed by atoms with Crippen molar-refractivity contribution >= 4 is 7.14 Å². The van der Waals surface area contributed by atoms with Crippen LogP contribution in [0.15, 0.2) is 0 Å². The zero-order valence-corrected chi connectivity index (χ0v) is 18.6. The van der Waals surface area contributed by atoms with E-state index in [-0.39, 0.29) is 14.9 Å². The summed E-state index contributed by atoms with van der Waals surface area (Å²) in [7, 11) is 12.9. The minimum atomic E-state index is -1.64. The predicted octanol–water partition coefficient (Wildman–Crippen LogP) is 5.84. The van der Waals surface area contributed by atoms with Crippen LogP contribution in [0.4, 0.5) is 0 Å². The summed E-state index contributed by atoms with van der Waals surface area (Å²) in [6, 6.07) is 0. The second kappa shape index (κ2) is 18.5. The van der Waals surface area contributed by atoms with E-state index in [1.165, 1.54) is 12.8 Å². The minimum Gasteiger partial charge on any atom is -0.333 e. The first-order chi connectivity index (χ1) is 8.85. The topological polar surface area (TPSA) is 20.3 Å². The summed E-state index contributed by atoms with van der Waals surface area (Å²) in [5, 5.41) is 0. The second-order valence-corrected chi connectivity index (χ2v) is 12.6. The Morgan fingerprint density at radius 2 is 0.913 bits per heavy atom. The van der Waals surface area contributed by atoms with Gasteiger partial charge in [-0.05, 0) is 46.6 Å². The molecule has 23 heavy (non-hydrogen) atoms. The average Bonchev–Trinajstić information content (AvgIpc) is 2.11. The fraction of sp³-hybridized carbons (Fsp3) is 1.00. The monoisotopic (exact) mass is 357 g/mol. The van der Waals surface area contributed by atoms with E-state index in [1.807, 2.05) is 26.0 Å². The maximum absolute atomic E-state index is 10.2. The Morgan fingerprint density at radius 1 is 0.826 bits per heavy atom. The molecule has 0 fully saturated rings. The van der Waals surface area contributed by atoms with Crippen molar-refractivity contribution in [2.45, 2.75) is 55.4 Å². The molecule has 0 unspecified atom stereocenters. The summed E-state index contributed by atoms with van der Waals surface area (Å²) in [4.78, 5) is 2.00. The molecule has 0 spiro atoms. The van der Waals surface area contributed by atoms with Gasteiger partial charge in [0.25, 0.3) is 0 Å². The Balaban J connectivity index is -0.0000000415. The second-order valence-electron chi connectivity index (χ2n) is 8.79. The Kier molecular flexibility index (Phi) is 31.0. The normalized spacial score (nSPS) is 10.4. The molecular weight excluding hydrogens is 303 g/mol. The molecule has 0 aliphatic rings. The third-order valence-corrected chi connectivity index (χ3v) is 1.91. The molecule has 4 heteroatoms. The lowest BCUT2D eigenvalue weighted by atomic mass is 9.88. The zero-order valence-electron chi connectivity index (χ0n) is 17.7. The smallest absolute Gasteiger partial charge is 0.0790 e. The molecule has 0 aliphatic carbocycles. The molecule has 3 nitrogen and oxygen atoms in total. The van der Waals surface area contributed by atoms with Crippen molar-refractivity contribution in [1.29, 1.82) is 0 Å². The number of rotatable bonds is 2. The minimum absolute atomic E-state index is 0. The SMILES string of the molecule is C.C.CCC(C)(C)CC.CN(C)C.CP(C)(C)=O.C[N+](C)(C)C. The molecule has 0 N–H and O–H groups in total. The maximum atomic E-state index is 10.2. The molecule has 0 aromatic rings. The summed E-state index contributed by atoms with van der Waals surface area (Å²) in [6.45, 7) is 14.3. The van der Waals surface area contributed by atoms with Crippen LogP contribution in [0.2, 0.25) is 0 Å². The van der Waals surface area contributed by atoms with Gasteiger partial charge in [0, 0.05) is 0 Å². The fourth-order valence-corrected chi connectivity index (χ4v) is 0.250. The van der Waals surface area contributed by atoms with Crippen molar-refractivity contribution < 1.29 is 9.05 Å². The summed E-state index contributed by atoms with van der Waals surface area (Å²) in [5.41, 5.74) is 0.583. The Hall–Kier alpha value is 0.150. The molecule has 0 saturated carbocycles. The van der Waals surface area contributed by atoms with Gasteiger partial charge in [-0.3, -0.25) is 0 Å². The van der Waals surface area contributed by atoms with Crippen molar-refractivity contribution in [3.05, 3.63) is 0 Å². The largest absolute Gasteiger partial charge is 0.333 e. The van der Waals surface area contributed by atoms with E-state index < -0.39 is 7.14 Å². The van der Waals surface area contributed by atoms with Gasteiger partial charge in [-0.1, -0.05) is 55.4 Å². The Bertz CT molecular complexity index is 228. The maximum Gasteiger partial charge on any atom is 0.0790 e. The van der Waals surface area contributed by atoms with Crippen LogP contribution < -0.4 is 0 Å².